The van der Waals surface area contributed by atoms with Crippen molar-refractivity contribution in [1.29, 1.82) is 0 Å². The maximum absolute atomic E-state index is 14.5. The predicted molar refractivity (Wildman–Crippen MR) is 259 cm³/mol. The predicted octanol–water partition coefficient (Wildman–Crippen LogP) is 15.9. The van der Waals surface area contributed by atoms with E-state index >= 15 is 0 Å². The number of benzene rings is 3. The summed E-state index contributed by atoms with van der Waals surface area (Å²) >= 11 is -6.01. The van der Waals surface area contributed by atoms with E-state index in [0.717, 1.165) is 74.5 Å². The third-order valence-electron chi connectivity index (χ3n) is 12.3. The van der Waals surface area contributed by atoms with E-state index in [4.69, 9.17) is 9.22 Å². The van der Waals surface area contributed by atoms with E-state index < -0.39 is 41.0 Å². The standard InChI is InChI=1S/C19H15.3C12H24O2.Sn/c1-4-10-16(11-5-1)19(17-12-6-2-7-13-17)18-14-8-3-9-15-18;3*1-2-3-4-5-6-7-8-9-10-11-12(13)14;/h1-15H;3*2-11H2,1H3,(H,13,14);/q;;;;+3/p-3. The molecule has 0 aromatic heterocycles. The monoisotopic (exact) mass is 961 g/mol. The number of rotatable bonds is 37. The van der Waals surface area contributed by atoms with E-state index in [0.29, 0.717) is 19.3 Å². The molecule has 0 unspecified atom stereocenters. The van der Waals surface area contributed by atoms with Crippen LogP contribution >= 0.6 is 0 Å². The van der Waals surface area contributed by atoms with Gasteiger partial charge in [0.2, 0.25) is 0 Å². The van der Waals surface area contributed by atoms with E-state index in [1.165, 1.54) is 96.3 Å². The molecule has 0 saturated heterocycles. The number of hydrogen-bond donors (Lipinski definition) is 0. The minimum absolute atomic E-state index is 0.161. The molecule has 3 aromatic rings. The van der Waals surface area contributed by atoms with Crippen LogP contribution in [0.15, 0.2) is 91.0 Å². The van der Waals surface area contributed by atoms with Crippen LogP contribution in [0.5, 0.6) is 0 Å². The number of carbonyl (C=O) groups excluding carboxylic acids is 3. The summed E-state index contributed by atoms with van der Waals surface area (Å²) in [5, 5.41) is 0. The second kappa shape index (κ2) is 33.4. The number of hydrogen-bond acceptors (Lipinski definition) is 6. The van der Waals surface area contributed by atoms with Crippen molar-refractivity contribution in [2.45, 2.75) is 217 Å². The summed E-state index contributed by atoms with van der Waals surface area (Å²) in [5.74, 6) is -1.41. The van der Waals surface area contributed by atoms with Crippen LogP contribution in [0.2, 0.25) is 0 Å². The Bertz CT molecular complexity index is 1390. The van der Waals surface area contributed by atoms with Crippen LogP contribution in [0, 0.1) is 0 Å². The van der Waals surface area contributed by atoms with Crippen molar-refractivity contribution in [1.82, 2.24) is 0 Å². The van der Waals surface area contributed by atoms with E-state index in [1.54, 1.807) is 0 Å². The first-order valence-corrected chi connectivity index (χ1v) is 30.2. The molecule has 0 aliphatic rings. The van der Waals surface area contributed by atoms with Gasteiger partial charge in [-0.1, -0.05) is 20.8 Å². The molecule has 0 atom stereocenters. The molecular weight excluding hydrogens is 875 g/mol. The molecule has 0 saturated carbocycles. The van der Waals surface area contributed by atoms with Gasteiger partial charge in [0.05, 0.1) is 0 Å². The topological polar surface area (TPSA) is 78.9 Å². The molecule has 0 spiro atoms. The zero-order chi connectivity index (χ0) is 44.4. The van der Waals surface area contributed by atoms with Crippen molar-refractivity contribution >= 4 is 37.5 Å². The fourth-order valence-electron chi connectivity index (χ4n) is 8.73. The molecule has 0 heterocycles. The van der Waals surface area contributed by atoms with Crippen LogP contribution in [0.4, 0.5) is 0 Å². The second-order valence-electron chi connectivity index (χ2n) is 17.6. The molecule has 0 radical (unpaired) electrons. The summed E-state index contributed by atoms with van der Waals surface area (Å²) in [5.41, 5.74) is 2.28. The van der Waals surface area contributed by atoms with Gasteiger partial charge >= 0.3 is 365 Å². The third kappa shape index (κ3) is 19.3. The van der Waals surface area contributed by atoms with Gasteiger partial charge in [-0.15, -0.1) is 0 Å². The van der Waals surface area contributed by atoms with Crippen molar-refractivity contribution in [3.05, 3.63) is 108 Å². The van der Waals surface area contributed by atoms with Gasteiger partial charge < -0.3 is 0 Å². The van der Waals surface area contributed by atoms with Gasteiger partial charge in [-0.3, -0.25) is 0 Å². The molecule has 344 valence electrons. The Kier molecular flexibility index (Phi) is 28.7. The SMILES string of the molecule is CCCCCCCCCCCC(=O)[O][Sn]([O]C(=O)CCCCCCCCCCC)([O]C(=O)CCCCCCCCCCC)[C](c1ccccc1)(c1ccccc1)c1ccccc1. The van der Waals surface area contributed by atoms with E-state index in [-0.39, 0.29) is 19.3 Å². The van der Waals surface area contributed by atoms with Crippen LogP contribution in [0.1, 0.15) is 230 Å². The van der Waals surface area contributed by atoms with Gasteiger partial charge in [-0.05, 0) is 0 Å². The minimum atomic E-state index is -6.01. The Hall–Kier alpha value is -3.13. The molecule has 0 bridgehead atoms. The normalized spacial score (nSPS) is 11.7. The summed E-state index contributed by atoms with van der Waals surface area (Å²) in [6, 6.07) is 29.5. The summed E-state index contributed by atoms with van der Waals surface area (Å²) < 4.78 is 19.2. The maximum atomic E-state index is 14.5. The van der Waals surface area contributed by atoms with E-state index in [9.17, 15) is 14.4 Å². The molecular formula is C55H84O6Sn. The van der Waals surface area contributed by atoms with Crippen LogP contribution in [-0.4, -0.2) is 37.5 Å². The zero-order valence-corrected chi connectivity index (χ0v) is 42.2. The van der Waals surface area contributed by atoms with Crippen LogP contribution in [0.3, 0.4) is 0 Å². The van der Waals surface area contributed by atoms with Gasteiger partial charge in [-0.25, -0.2) is 0 Å². The molecule has 0 fully saturated rings. The molecule has 0 aliphatic carbocycles. The Morgan fingerprint density at radius 2 is 0.548 bits per heavy atom. The number of carbonyl (C=O) groups is 3. The molecule has 3 rings (SSSR count). The van der Waals surface area contributed by atoms with Gasteiger partial charge in [0.15, 0.2) is 0 Å². The molecule has 0 aliphatic heterocycles. The first-order valence-electron chi connectivity index (χ1n) is 25.3. The van der Waals surface area contributed by atoms with Gasteiger partial charge in [-0.2, -0.15) is 0 Å². The first-order chi connectivity index (χ1) is 30.4. The van der Waals surface area contributed by atoms with Crippen LogP contribution < -0.4 is 0 Å². The Labute approximate surface area is 383 Å². The van der Waals surface area contributed by atoms with E-state index in [1.807, 2.05) is 91.0 Å². The molecule has 0 N–H and O–H groups in total. The quantitative estimate of drug-likeness (QED) is 0.0325. The van der Waals surface area contributed by atoms with Crippen molar-refractivity contribution < 1.29 is 23.6 Å². The van der Waals surface area contributed by atoms with E-state index in [2.05, 4.69) is 20.8 Å². The first kappa shape index (κ1) is 53.2. The number of unbranched alkanes of at least 4 members (excludes halogenated alkanes) is 24. The van der Waals surface area contributed by atoms with Crippen LogP contribution in [0.25, 0.3) is 0 Å². The van der Waals surface area contributed by atoms with Crippen molar-refractivity contribution in [2.75, 3.05) is 0 Å². The average Bonchev–Trinajstić information content (AvgIpc) is 3.28. The van der Waals surface area contributed by atoms with Crippen LogP contribution in [-0.2, 0) is 27.0 Å². The Balaban J connectivity index is 2.02. The summed E-state index contributed by atoms with van der Waals surface area (Å²) in [4.78, 5) is 43.4. The molecule has 0 amide bonds. The Morgan fingerprint density at radius 3 is 0.774 bits per heavy atom. The molecule has 3 aromatic carbocycles. The second-order valence-corrected chi connectivity index (χ2v) is 24.6. The van der Waals surface area contributed by atoms with Crippen molar-refractivity contribution in [2.24, 2.45) is 0 Å². The molecule has 62 heavy (non-hydrogen) atoms. The van der Waals surface area contributed by atoms with Crippen molar-refractivity contribution in [3.63, 3.8) is 0 Å². The summed E-state index contributed by atoms with van der Waals surface area (Å²) in [6.45, 7) is 6.71. The zero-order valence-electron chi connectivity index (χ0n) is 39.3. The van der Waals surface area contributed by atoms with Gasteiger partial charge in [0.25, 0.3) is 0 Å². The molecule has 6 nitrogen and oxygen atoms in total. The average molecular weight is 960 g/mol. The third-order valence-corrected chi connectivity index (χ3v) is 21.6. The van der Waals surface area contributed by atoms with Crippen molar-refractivity contribution in [3.8, 4) is 0 Å². The summed E-state index contributed by atoms with van der Waals surface area (Å²) in [6.07, 6.45) is 30.5. The summed E-state index contributed by atoms with van der Waals surface area (Å²) in [7, 11) is 0. The fraction of sp³-hybridized carbons (Fsp3) is 0.618. The van der Waals surface area contributed by atoms with Gasteiger partial charge in [0.1, 0.15) is 0 Å². The fourth-order valence-corrected chi connectivity index (χ4v) is 18.3. The molecule has 7 heteroatoms. The Morgan fingerprint density at radius 1 is 0.339 bits per heavy atom. The van der Waals surface area contributed by atoms with Gasteiger partial charge in [0, 0.05) is 0 Å².